The molecule has 2 atom stereocenters. The monoisotopic (exact) mass is 520 g/mol. The zero-order valence-electron chi connectivity index (χ0n) is 19.0. The fourth-order valence-electron chi connectivity index (χ4n) is 5.02. The molecule has 0 radical (unpaired) electrons. The average Bonchev–Trinajstić information content (AvgIpc) is 3.57. The molecule has 1 amide bonds. The van der Waals surface area contributed by atoms with Crippen LogP contribution in [-0.2, 0) is 4.79 Å². The van der Waals surface area contributed by atoms with Crippen LogP contribution in [-0.4, -0.2) is 11.7 Å². The Hall–Kier alpha value is -3.74. The smallest absolute Gasteiger partial charge is 0.294 e. The minimum atomic E-state index is -0.666. The number of amides is 1. The molecule has 0 spiro atoms. The van der Waals surface area contributed by atoms with Crippen LogP contribution in [0.1, 0.15) is 46.7 Å². The van der Waals surface area contributed by atoms with Crippen molar-refractivity contribution in [3.63, 3.8) is 0 Å². The van der Waals surface area contributed by atoms with Crippen LogP contribution in [0, 0.1) is 0 Å². The Balaban J connectivity index is 0.00000267. The van der Waals surface area contributed by atoms with Gasteiger partial charge in [0.25, 0.3) is 5.91 Å². The highest BCUT2D eigenvalue weighted by Crippen LogP contribution is 2.48. The molecule has 0 fully saturated rings. The minimum absolute atomic E-state index is 0. The van der Waals surface area contributed by atoms with Gasteiger partial charge in [0.1, 0.15) is 5.76 Å². The summed E-state index contributed by atoms with van der Waals surface area (Å²) in [7, 11) is 0. The van der Waals surface area contributed by atoms with E-state index in [2.05, 4.69) is 5.32 Å². The van der Waals surface area contributed by atoms with E-state index < -0.39 is 6.04 Å². The molecule has 8 heteroatoms. The number of carbonyl (C=O) groups is 2. The molecule has 2 aromatic carbocycles. The van der Waals surface area contributed by atoms with E-state index >= 15 is 0 Å². The van der Waals surface area contributed by atoms with Crippen LogP contribution >= 0.6 is 24.0 Å². The van der Waals surface area contributed by atoms with Gasteiger partial charge >= 0.3 is 0 Å². The van der Waals surface area contributed by atoms with Gasteiger partial charge in [-0.05, 0) is 60.5 Å². The van der Waals surface area contributed by atoms with Crippen LogP contribution in [0.25, 0.3) is 0 Å². The van der Waals surface area contributed by atoms with Gasteiger partial charge in [-0.3, -0.25) is 14.5 Å². The van der Waals surface area contributed by atoms with Crippen LogP contribution in [0.5, 0.6) is 0 Å². The first-order chi connectivity index (χ1) is 17.1. The lowest BCUT2D eigenvalue weighted by Gasteiger charge is -2.34. The van der Waals surface area contributed by atoms with E-state index in [0.29, 0.717) is 22.7 Å². The molecule has 4 aromatic rings. The number of carbonyl (C=O) groups excluding carboxylic acids is 2. The first kappa shape index (κ1) is 24.0. The maximum Gasteiger partial charge on any atom is 0.294 e. The number of furan rings is 2. The van der Waals surface area contributed by atoms with Crippen LogP contribution in [0.15, 0.2) is 105 Å². The average molecular weight is 521 g/mol. The highest BCUT2D eigenvalue weighted by molar-refractivity contribution is 6.30. The van der Waals surface area contributed by atoms with Crippen molar-refractivity contribution in [3.8, 4) is 0 Å². The summed E-state index contributed by atoms with van der Waals surface area (Å²) < 4.78 is 11.1. The number of nitrogens with one attached hydrogen (secondary N) is 1. The summed E-state index contributed by atoms with van der Waals surface area (Å²) in [6.07, 6.45) is 3.96. The Kier molecular flexibility index (Phi) is 6.48. The number of fused-ring (bicyclic) bond motifs is 1. The first-order valence-corrected chi connectivity index (χ1v) is 11.8. The number of halogens is 2. The quantitative estimate of drug-likeness (QED) is 0.310. The van der Waals surface area contributed by atoms with Gasteiger partial charge in [-0.1, -0.05) is 35.9 Å². The summed E-state index contributed by atoms with van der Waals surface area (Å²) in [5.74, 6) is 0.508. The Morgan fingerprint density at radius 1 is 0.917 bits per heavy atom. The Bertz CT molecular complexity index is 1430. The molecule has 2 aromatic heterocycles. The number of para-hydroxylation sites is 2. The molecule has 0 saturated carbocycles. The molecule has 0 saturated heterocycles. The van der Waals surface area contributed by atoms with E-state index in [9.17, 15) is 9.59 Å². The molecule has 3 heterocycles. The number of allylic oxidation sites excluding steroid dienone is 1. The lowest BCUT2D eigenvalue weighted by Crippen LogP contribution is -2.38. The topological polar surface area (TPSA) is 75.7 Å². The van der Waals surface area contributed by atoms with Gasteiger partial charge in [0, 0.05) is 28.6 Å². The predicted molar refractivity (Wildman–Crippen MR) is 140 cm³/mol. The third-order valence-corrected chi connectivity index (χ3v) is 6.82. The van der Waals surface area contributed by atoms with E-state index in [1.165, 1.54) is 6.26 Å². The summed E-state index contributed by atoms with van der Waals surface area (Å²) in [4.78, 5) is 29.4. The minimum Gasteiger partial charge on any atom is -0.469 e. The number of benzene rings is 2. The number of anilines is 2. The molecule has 2 aliphatic rings. The summed E-state index contributed by atoms with van der Waals surface area (Å²) in [6.45, 7) is 0. The highest BCUT2D eigenvalue weighted by Gasteiger charge is 2.42. The van der Waals surface area contributed by atoms with Crippen LogP contribution in [0.2, 0.25) is 5.02 Å². The van der Waals surface area contributed by atoms with Crippen molar-refractivity contribution in [1.82, 2.24) is 0 Å². The highest BCUT2D eigenvalue weighted by atomic mass is 35.5. The standard InChI is InChI=1S/C28H21ClN2O4.ClH/c29-19-11-9-17(10-12-19)27-26-21(15-18(16-23(26)32)24-7-3-13-34-24)30-20-5-1-2-6-22(20)31(27)28(33)25-8-4-14-35-25;/h1-14,18,27,30H,15-16H2;1H. The second-order valence-corrected chi connectivity index (χ2v) is 9.12. The third-order valence-electron chi connectivity index (χ3n) is 6.57. The Morgan fingerprint density at radius 3 is 2.39 bits per heavy atom. The van der Waals surface area contributed by atoms with Gasteiger partial charge in [-0.25, -0.2) is 0 Å². The first-order valence-electron chi connectivity index (χ1n) is 11.4. The Morgan fingerprint density at radius 2 is 1.67 bits per heavy atom. The summed E-state index contributed by atoms with van der Waals surface area (Å²) in [6, 6.07) is 21.2. The van der Waals surface area contributed by atoms with Crippen LogP contribution in [0.4, 0.5) is 11.4 Å². The second kappa shape index (κ2) is 9.72. The van der Waals surface area contributed by atoms with Crippen molar-refractivity contribution in [3.05, 3.63) is 119 Å². The van der Waals surface area contributed by atoms with Crippen molar-refractivity contribution in [2.75, 3.05) is 10.2 Å². The van der Waals surface area contributed by atoms with E-state index in [0.717, 1.165) is 22.7 Å². The van der Waals surface area contributed by atoms with Gasteiger partial charge in [-0.2, -0.15) is 0 Å². The van der Waals surface area contributed by atoms with Gasteiger partial charge in [-0.15, -0.1) is 12.4 Å². The van der Waals surface area contributed by atoms with E-state index in [1.807, 2.05) is 48.5 Å². The van der Waals surface area contributed by atoms with Gasteiger partial charge in [0.15, 0.2) is 11.5 Å². The third kappa shape index (κ3) is 4.12. The largest absolute Gasteiger partial charge is 0.469 e. The predicted octanol–water partition coefficient (Wildman–Crippen LogP) is 7.16. The number of hydrogen-bond donors (Lipinski definition) is 1. The second-order valence-electron chi connectivity index (χ2n) is 8.68. The zero-order chi connectivity index (χ0) is 23.9. The molecule has 6 rings (SSSR count). The molecule has 6 nitrogen and oxygen atoms in total. The Labute approximate surface area is 218 Å². The van der Waals surface area contributed by atoms with Crippen molar-refractivity contribution in [2.24, 2.45) is 0 Å². The lowest BCUT2D eigenvalue weighted by molar-refractivity contribution is -0.116. The molecular weight excluding hydrogens is 499 g/mol. The SMILES string of the molecule is Cl.O=C1CC(c2ccco2)CC2=C1C(c1ccc(Cl)cc1)N(C(=O)c1ccco1)c1ccccc1N2. The normalized spacial score (nSPS) is 19.0. The maximum atomic E-state index is 13.9. The molecule has 182 valence electrons. The molecule has 0 bridgehead atoms. The zero-order valence-corrected chi connectivity index (χ0v) is 20.6. The van der Waals surface area contributed by atoms with Crippen molar-refractivity contribution in [2.45, 2.75) is 24.8 Å². The van der Waals surface area contributed by atoms with Crippen LogP contribution in [0.3, 0.4) is 0 Å². The van der Waals surface area contributed by atoms with E-state index in [-0.39, 0.29) is 42.2 Å². The van der Waals surface area contributed by atoms with Gasteiger partial charge in [0.05, 0.1) is 29.9 Å². The summed E-state index contributed by atoms with van der Waals surface area (Å²) >= 11 is 6.19. The lowest BCUT2D eigenvalue weighted by atomic mass is 9.80. The number of Topliss-reactive ketones (excluding diaryl/α,β-unsaturated/α-hetero) is 1. The van der Waals surface area contributed by atoms with Crippen LogP contribution < -0.4 is 10.2 Å². The molecule has 36 heavy (non-hydrogen) atoms. The van der Waals surface area contributed by atoms with Gasteiger partial charge in [0.2, 0.25) is 0 Å². The fraction of sp³-hybridized carbons (Fsp3) is 0.143. The molecule has 1 aliphatic carbocycles. The van der Waals surface area contributed by atoms with Crippen molar-refractivity contribution < 1.29 is 18.4 Å². The van der Waals surface area contributed by atoms with Crippen molar-refractivity contribution in [1.29, 1.82) is 0 Å². The number of rotatable bonds is 3. The summed E-state index contributed by atoms with van der Waals surface area (Å²) in [5.41, 5.74) is 3.52. The fourth-order valence-corrected chi connectivity index (χ4v) is 5.14. The molecule has 1 aliphatic heterocycles. The molecule has 1 N–H and O–H groups in total. The number of ketones is 1. The van der Waals surface area contributed by atoms with Crippen molar-refractivity contribution >= 4 is 47.1 Å². The summed E-state index contributed by atoms with van der Waals surface area (Å²) in [5, 5.41) is 4.07. The molecular formula is C28H22Cl2N2O4. The van der Waals surface area contributed by atoms with Gasteiger partial charge < -0.3 is 14.2 Å². The van der Waals surface area contributed by atoms with E-state index in [1.54, 1.807) is 35.4 Å². The number of hydrogen-bond acceptors (Lipinski definition) is 5. The molecule has 2 unspecified atom stereocenters. The maximum absolute atomic E-state index is 13.9. The number of nitrogens with zero attached hydrogens (tertiary/aromatic N) is 1. The van der Waals surface area contributed by atoms with E-state index in [4.69, 9.17) is 20.4 Å².